The van der Waals surface area contributed by atoms with Crippen molar-refractivity contribution in [2.75, 3.05) is 23.1 Å². The Kier molecular flexibility index (Phi) is 6.49. The van der Waals surface area contributed by atoms with Crippen molar-refractivity contribution in [1.29, 1.82) is 0 Å². The number of aryl methyl sites for hydroxylation is 1. The summed E-state index contributed by atoms with van der Waals surface area (Å²) >= 11 is 0. The van der Waals surface area contributed by atoms with Crippen LogP contribution >= 0.6 is 0 Å². The number of carbonyl (C=O) groups is 1. The molecule has 0 aliphatic carbocycles. The molecule has 162 valence electrons. The van der Waals surface area contributed by atoms with Gasteiger partial charge < -0.3 is 5.32 Å². The van der Waals surface area contributed by atoms with Crippen LogP contribution in [0.4, 0.5) is 11.4 Å². The molecule has 3 rings (SSSR count). The van der Waals surface area contributed by atoms with E-state index < -0.39 is 20.0 Å². The second kappa shape index (κ2) is 8.75. The van der Waals surface area contributed by atoms with Crippen LogP contribution in [0.5, 0.6) is 0 Å². The zero-order valence-corrected chi connectivity index (χ0v) is 18.5. The molecule has 1 aliphatic rings. The van der Waals surface area contributed by atoms with Gasteiger partial charge in [0.1, 0.15) is 0 Å². The average Bonchev–Trinajstić information content (AvgIpc) is 2.70. The number of hydrogen-bond donors (Lipinski definition) is 2. The third kappa shape index (κ3) is 5.00. The summed E-state index contributed by atoms with van der Waals surface area (Å²) in [6.07, 6.45) is 2.64. The Hall–Kier alpha value is -2.43. The van der Waals surface area contributed by atoms with Crippen LogP contribution < -0.4 is 10.0 Å². The van der Waals surface area contributed by atoms with Gasteiger partial charge in [-0.3, -0.25) is 9.52 Å². The van der Waals surface area contributed by atoms with Gasteiger partial charge in [-0.15, -0.1) is 0 Å². The second-order valence-corrected chi connectivity index (χ2v) is 10.9. The summed E-state index contributed by atoms with van der Waals surface area (Å²) in [5, 5.41) is 2.57. The highest BCUT2D eigenvalue weighted by Crippen LogP contribution is 2.27. The maximum absolute atomic E-state index is 12.9. The Labute approximate surface area is 177 Å². The summed E-state index contributed by atoms with van der Waals surface area (Å²) in [7, 11) is -7.62. The number of sulfonamides is 2. The van der Waals surface area contributed by atoms with Crippen LogP contribution in [0.2, 0.25) is 0 Å². The molecule has 0 radical (unpaired) electrons. The second-order valence-electron chi connectivity index (χ2n) is 7.25. The molecule has 2 N–H and O–H groups in total. The maximum atomic E-state index is 12.9. The molecule has 0 spiro atoms. The van der Waals surface area contributed by atoms with E-state index in [0.717, 1.165) is 19.3 Å². The van der Waals surface area contributed by atoms with Gasteiger partial charge in [0, 0.05) is 25.7 Å². The number of piperidine rings is 1. The monoisotopic (exact) mass is 451 g/mol. The molecule has 1 amide bonds. The van der Waals surface area contributed by atoms with E-state index in [1.165, 1.54) is 47.6 Å². The first kappa shape index (κ1) is 22.3. The van der Waals surface area contributed by atoms with E-state index in [9.17, 15) is 21.6 Å². The minimum absolute atomic E-state index is 0.000271. The van der Waals surface area contributed by atoms with Crippen LogP contribution in [0.15, 0.2) is 52.3 Å². The third-order valence-electron chi connectivity index (χ3n) is 4.89. The van der Waals surface area contributed by atoms with Gasteiger partial charge in [-0.2, -0.15) is 4.31 Å². The minimum atomic E-state index is -3.94. The van der Waals surface area contributed by atoms with Gasteiger partial charge in [0.2, 0.25) is 15.9 Å². The zero-order chi connectivity index (χ0) is 21.9. The molecule has 1 fully saturated rings. The van der Waals surface area contributed by atoms with Gasteiger partial charge in [0.05, 0.1) is 15.5 Å². The molecular weight excluding hydrogens is 426 g/mol. The van der Waals surface area contributed by atoms with Crippen molar-refractivity contribution in [2.24, 2.45) is 0 Å². The van der Waals surface area contributed by atoms with Gasteiger partial charge in [0.25, 0.3) is 10.0 Å². The molecule has 2 aromatic carbocycles. The molecule has 0 saturated carbocycles. The van der Waals surface area contributed by atoms with Crippen molar-refractivity contribution in [3.8, 4) is 0 Å². The smallest absolute Gasteiger partial charge is 0.261 e. The van der Waals surface area contributed by atoms with Crippen LogP contribution in [-0.4, -0.2) is 40.1 Å². The van der Waals surface area contributed by atoms with E-state index >= 15 is 0 Å². The molecule has 8 nitrogen and oxygen atoms in total. The Bertz CT molecular complexity index is 1140. The lowest BCUT2D eigenvalue weighted by molar-refractivity contribution is -0.114. The molecule has 1 saturated heterocycles. The lowest BCUT2D eigenvalue weighted by atomic mass is 10.2. The van der Waals surface area contributed by atoms with E-state index in [1.54, 1.807) is 13.0 Å². The van der Waals surface area contributed by atoms with Gasteiger partial charge in [-0.05, 0) is 61.7 Å². The summed E-state index contributed by atoms with van der Waals surface area (Å²) in [6, 6.07) is 10.2. The predicted molar refractivity (Wildman–Crippen MR) is 115 cm³/mol. The number of benzene rings is 2. The summed E-state index contributed by atoms with van der Waals surface area (Å²) in [4.78, 5) is 11.2. The van der Waals surface area contributed by atoms with E-state index in [2.05, 4.69) is 10.0 Å². The molecule has 10 heteroatoms. The quantitative estimate of drug-likeness (QED) is 0.701. The van der Waals surface area contributed by atoms with Gasteiger partial charge in [-0.25, -0.2) is 16.8 Å². The summed E-state index contributed by atoms with van der Waals surface area (Å²) in [5.41, 5.74) is 1.29. The van der Waals surface area contributed by atoms with E-state index in [0.29, 0.717) is 24.3 Å². The standard InChI is InChI=1S/C20H25N3O5S2/c1-15-6-9-19(30(27,28)23-12-4-3-5-13-23)14-20(15)22-29(25,26)18-10-7-17(8-11-18)21-16(2)24/h6-11,14,22H,3-5,12-13H2,1-2H3,(H,21,24). The Balaban J connectivity index is 1.87. The molecule has 0 aromatic heterocycles. The number of anilines is 2. The van der Waals surface area contributed by atoms with Crippen molar-refractivity contribution in [2.45, 2.75) is 42.9 Å². The van der Waals surface area contributed by atoms with Crippen molar-refractivity contribution < 1.29 is 21.6 Å². The largest absolute Gasteiger partial charge is 0.326 e. The molecule has 0 unspecified atom stereocenters. The maximum Gasteiger partial charge on any atom is 0.261 e. The molecule has 1 aliphatic heterocycles. The number of hydrogen-bond acceptors (Lipinski definition) is 5. The lowest BCUT2D eigenvalue weighted by Crippen LogP contribution is -2.35. The fourth-order valence-corrected chi connectivity index (χ4v) is 5.92. The van der Waals surface area contributed by atoms with Gasteiger partial charge >= 0.3 is 0 Å². The molecule has 2 aromatic rings. The van der Waals surface area contributed by atoms with E-state index in [1.807, 2.05) is 0 Å². The van der Waals surface area contributed by atoms with Gasteiger partial charge in [0.15, 0.2) is 0 Å². The first-order chi connectivity index (χ1) is 14.1. The van der Waals surface area contributed by atoms with Gasteiger partial charge in [-0.1, -0.05) is 12.5 Å². The first-order valence-electron chi connectivity index (χ1n) is 9.61. The van der Waals surface area contributed by atoms with Crippen LogP contribution in [0.1, 0.15) is 31.7 Å². The highest BCUT2D eigenvalue weighted by atomic mass is 32.2. The Morgan fingerprint density at radius 2 is 1.50 bits per heavy atom. The fraction of sp³-hybridized carbons (Fsp3) is 0.350. The molecule has 0 atom stereocenters. The highest BCUT2D eigenvalue weighted by Gasteiger charge is 2.27. The molecule has 0 bridgehead atoms. The molecule has 30 heavy (non-hydrogen) atoms. The summed E-state index contributed by atoms with van der Waals surface area (Å²) in [6.45, 7) is 4.00. The van der Waals surface area contributed by atoms with Crippen LogP contribution in [0.3, 0.4) is 0 Å². The van der Waals surface area contributed by atoms with E-state index in [4.69, 9.17) is 0 Å². The normalized spacial score (nSPS) is 15.5. The molecular formula is C20H25N3O5S2. The number of rotatable bonds is 6. The highest BCUT2D eigenvalue weighted by molar-refractivity contribution is 7.92. The summed E-state index contributed by atoms with van der Waals surface area (Å²) < 4.78 is 55.4. The first-order valence-corrected chi connectivity index (χ1v) is 12.5. The average molecular weight is 452 g/mol. The fourth-order valence-electron chi connectivity index (χ4n) is 3.25. The SMILES string of the molecule is CC(=O)Nc1ccc(S(=O)(=O)Nc2cc(S(=O)(=O)N3CCCCC3)ccc2C)cc1. The van der Waals surface area contributed by atoms with Crippen molar-refractivity contribution in [3.05, 3.63) is 48.0 Å². The Morgan fingerprint density at radius 1 is 0.900 bits per heavy atom. The number of nitrogens with zero attached hydrogens (tertiary/aromatic N) is 1. The van der Waals surface area contributed by atoms with E-state index in [-0.39, 0.29) is 21.4 Å². The number of amides is 1. The van der Waals surface area contributed by atoms with Crippen LogP contribution in [0, 0.1) is 6.92 Å². The van der Waals surface area contributed by atoms with Crippen molar-refractivity contribution in [1.82, 2.24) is 4.31 Å². The molecule has 1 heterocycles. The Morgan fingerprint density at radius 3 is 2.10 bits per heavy atom. The zero-order valence-electron chi connectivity index (χ0n) is 16.9. The van der Waals surface area contributed by atoms with Crippen LogP contribution in [0.25, 0.3) is 0 Å². The number of carbonyl (C=O) groups excluding carboxylic acids is 1. The lowest BCUT2D eigenvalue weighted by Gasteiger charge is -2.26. The van der Waals surface area contributed by atoms with Crippen molar-refractivity contribution in [3.63, 3.8) is 0 Å². The number of nitrogens with one attached hydrogen (secondary N) is 2. The van der Waals surface area contributed by atoms with Crippen molar-refractivity contribution >= 4 is 37.3 Å². The minimum Gasteiger partial charge on any atom is -0.326 e. The van der Waals surface area contributed by atoms with Crippen LogP contribution in [-0.2, 0) is 24.8 Å². The third-order valence-corrected chi connectivity index (χ3v) is 8.17. The summed E-state index contributed by atoms with van der Waals surface area (Å²) in [5.74, 6) is -0.258. The predicted octanol–water partition coefficient (Wildman–Crippen LogP) is 2.93. The topological polar surface area (TPSA) is 113 Å².